The maximum absolute atomic E-state index is 13.4. The van der Waals surface area contributed by atoms with Gasteiger partial charge in [0.05, 0.1) is 17.4 Å². The molecule has 0 aromatic heterocycles. The second-order valence-electron chi connectivity index (χ2n) is 7.39. The summed E-state index contributed by atoms with van der Waals surface area (Å²) >= 11 is 0. The molecule has 0 saturated carbocycles. The highest BCUT2D eigenvalue weighted by molar-refractivity contribution is 6.23. The van der Waals surface area contributed by atoms with Crippen molar-refractivity contribution in [2.45, 2.75) is 12.1 Å². The number of anilines is 2. The van der Waals surface area contributed by atoms with Crippen molar-refractivity contribution in [1.82, 2.24) is 0 Å². The first-order chi connectivity index (χ1) is 15.0. The van der Waals surface area contributed by atoms with E-state index in [9.17, 15) is 24.2 Å². The first kappa shape index (κ1) is 19.1. The lowest BCUT2D eigenvalue weighted by Crippen LogP contribution is -2.37. The molecule has 0 bridgehead atoms. The third-order valence-corrected chi connectivity index (χ3v) is 5.55. The number of carbonyl (C=O) groups is 2. The highest BCUT2D eigenvalue weighted by Gasteiger charge is 2.60. The molecule has 31 heavy (non-hydrogen) atoms. The number of phenols is 2. The summed E-state index contributed by atoms with van der Waals surface area (Å²) in [5.74, 6) is -3.06. The summed E-state index contributed by atoms with van der Waals surface area (Å²) in [5.41, 5.74) is 1.38. The van der Waals surface area contributed by atoms with E-state index >= 15 is 0 Å². The second kappa shape index (κ2) is 7.10. The number of carbonyl (C=O) groups excluding carboxylic acids is 2. The van der Waals surface area contributed by atoms with Crippen LogP contribution in [0.2, 0.25) is 0 Å². The summed E-state index contributed by atoms with van der Waals surface area (Å²) in [6, 6.07) is 17.6. The highest BCUT2D eigenvalue weighted by atomic mass is 19.1. The highest BCUT2D eigenvalue weighted by Crippen LogP contribution is 2.48. The van der Waals surface area contributed by atoms with Crippen LogP contribution in [0.25, 0.3) is 0 Å². The van der Waals surface area contributed by atoms with E-state index in [1.54, 1.807) is 30.3 Å². The Kier molecular flexibility index (Phi) is 4.37. The Bertz CT molecular complexity index is 1170. The van der Waals surface area contributed by atoms with Gasteiger partial charge in [0.15, 0.2) is 17.6 Å². The molecular formula is C23H17FN2O5. The van der Waals surface area contributed by atoms with Crippen molar-refractivity contribution in [1.29, 1.82) is 0 Å². The maximum atomic E-state index is 13.4. The largest absolute Gasteiger partial charge is 0.504 e. The van der Waals surface area contributed by atoms with Crippen LogP contribution in [0, 0.1) is 11.7 Å². The molecule has 2 saturated heterocycles. The van der Waals surface area contributed by atoms with E-state index in [0.717, 1.165) is 4.90 Å². The molecule has 7 nitrogen and oxygen atoms in total. The first-order valence-corrected chi connectivity index (χ1v) is 9.62. The van der Waals surface area contributed by atoms with Gasteiger partial charge in [-0.05, 0) is 54.1 Å². The fourth-order valence-corrected chi connectivity index (χ4v) is 4.12. The predicted molar refractivity (Wildman–Crippen MR) is 109 cm³/mol. The molecule has 3 aromatic carbocycles. The van der Waals surface area contributed by atoms with Crippen LogP contribution in [0.3, 0.4) is 0 Å². The molecule has 3 aromatic rings. The van der Waals surface area contributed by atoms with Crippen LogP contribution in [0.1, 0.15) is 11.6 Å². The molecule has 2 amide bonds. The van der Waals surface area contributed by atoms with Crippen molar-refractivity contribution in [3.63, 3.8) is 0 Å². The molecule has 2 heterocycles. The minimum absolute atomic E-state index is 0.257. The summed E-state index contributed by atoms with van der Waals surface area (Å²) < 4.78 is 13.3. The topological polar surface area (TPSA) is 90.3 Å². The molecule has 0 unspecified atom stereocenters. The minimum atomic E-state index is -1.08. The smallest absolute Gasteiger partial charge is 0.266 e. The van der Waals surface area contributed by atoms with Crippen molar-refractivity contribution in [3.8, 4) is 11.5 Å². The van der Waals surface area contributed by atoms with Gasteiger partial charge in [0.1, 0.15) is 11.7 Å². The Balaban J connectivity index is 1.60. The number of hydroxylamine groups is 1. The number of para-hydroxylation sites is 1. The van der Waals surface area contributed by atoms with Crippen molar-refractivity contribution in [3.05, 3.63) is 84.2 Å². The normalized spacial score (nSPS) is 22.8. The minimum Gasteiger partial charge on any atom is -0.504 e. The lowest BCUT2D eigenvalue weighted by Gasteiger charge is -2.28. The molecule has 8 heteroatoms. The van der Waals surface area contributed by atoms with Crippen LogP contribution in [0.15, 0.2) is 72.8 Å². The lowest BCUT2D eigenvalue weighted by atomic mass is 9.90. The van der Waals surface area contributed by atoms with Gasteiger partial charge in [0.2, 0.25) is 5.91 Å². The SMILES string of the molecule is O=C1[C@H]2[C@@H](c3ccc(O)c(O)c3)N(c3ccccc3)O[C@H]2C(=O)N1c1ccc(F)cc1. The molecule has 0 aliphatic carbocycles. The Morgan fingerprint density at radius 2 is 1.52 bits per heavy atom. The monoisotopic (exact) mass is 420 g/mol. The number of hydrogen-bond acceptors (Lipinski definition) is 6. The number of amides is 2. The molecule has 5 rings (SSSR count). The van der Waals surface area contributed by atoms with Crippen LogP contribution in [-0.4, -0.2) is 28.1 Å². The number of benzene rings is 3. The Morgan fingerprint density at radius 1 is 0.806 bits per heavy atom. The maximum Gasteiger partial charge on any atom is 0.266 e. The van der Waals surface area contributed by atoms with Gasteiger partial charge >= 0.3 is 0 Å². The zero-order valence-electron chi connectivity index (χ0n) is 16.1. The summed E-state index contributed by atoms with van der Waals surface area (Å²) in [6.45, 7) is 0. The fourth-order valence-electron chi connectivity index (χ4n) is 4.12. The number of phenolic OH excluding ortho intramolecular Hbond substituents is 2. The average Bonchev–Trinajstić information content (AvgIpc) is 3.28. The van der Waals surface area contributed by atoms with Crippen molar-refractivity contribution in [2.75, 3.05) is 9.96 Å². The van der Waals surface area contributed by atoms with Gasteiger partial charge < -0.3 is 10.2 Å². The van der Waals surface area contributed by atoms with E-state index in [0.29, 0.717) is 11.3 Å². The van der Waals surface area contributed by atoms with Gasteiger partial charge in [-0.3, -0.25) is 14.4 Å². The number of rotatable bonds is 3. The fraction of sp³-hybridized carbons (Fsp3) is 0.130. The quantitative estimate of drug-likeness (QED) is 0.499. The summed E-state index contributed by atoms with van der Waals surface area (Å²) in [7, 11) is 0. The molecule has 2 aliphatic heterocycles. The lowest BCUT2D eigenvalue weighted by molar-refractivity contribution is -0.126. The van der Waals surface area contributed by atoms with Crippen molar-refractivity contribution >= 4 is 23.2 Å². The van der Waals surface area contributed by atoms with Crippen LogP contribution >= 0.6 is 0 Å². The number of aromatic hydroxyl groups is 2. The van der Waals surface area contributed by atoms with Crippen molar-refractivity contribution < 1.29 is 29.0 Å². The average molecular weight is 420 g/mol. The predicted octanol–water partition coefficient (Wildman–Crippen LogP) is 3.29. The van der Waals surface area contributed by atoms with Crippen LogP contribution in [0.5, 0.6) is 11.5 Å². The van der Waals surface area contributed by atoms with Crippen LogP contribution in [-0.2, 0) is 14.4 Å². The number of fused-ring (bicyclic) bond motifs is 1. The van der Waals surface area contributed by atoms with Gasteiger partial charge in [-0.1, -0.05) is 24.3 Å². The molecule has 2 fully saturated rings. The Hall–Kier alpha value is -3.91. The molecule has 0 radical (unpaired) electrons. The van der Waals surface area contributed by atoms with E-state index in [1.165, 1.54) is 41.5 Å². The standard InChI is InChI=1S/C23H17FN2O5/c24-14-7-9-15(10-8-14)25-22(29)19-20(13-6-11-17(27)18(28)12-13)26(31-21(19)23(25)30)16-4-2-1-3-5-16/h1-12,19-21,27-28H/t19-,20+,21+/m0/s1. The number of hydrogen-bond donors (Lipinski definition) is 2. The number of halogens is 1. The molecule has 2 N–H and O–H groups in total. The Morgan fingerprint density at radius 3 is 2.19 bits per heavy atom. The van der Waals surface area contributed by atoms with E-state index in [4.69, 9.17) is 4.84 Å². The Labute approximate surface area is 176 Å². The third-order valence-electron chi connectivity index (χ3n) is 5.55. The third kappa shape index (κ3) is 3.00. The molecular weight excluding hydrogens is 403 g/mol. The van der Waals surface area contributed by atoms with Gasteiger partial charge in [-0.15, -0.1) is 0 Å². The summed E-state index contributed by atoms with van der Waals surface area (Å²) in [5, 5.41) is 21.2. The second-order valence-corrected chi connectivity index (χ2v) is 7.39. The van der Waals surface area contributed by atoms with E-state index in [-0.39, 0.29) is 17.2 Å². The van der Waals surface area contributed by atoms with Crippen LogP contribution in [0.4, 0.5) is 15.8 Å². The summed E-state index contributed by atoms with van der Waals surface area (Å²) in [4.78, 5) is 33.5. The van der Waals surface area contributed by atoms with Crippen LogP contribution < -0.4 is 9.96 Å². The summed E-state index contributed by atoms with van der Waals surface area (Å²) in [6.07, 6.45) is -1.08. The van der Waals surface area contributed by atoms with Gasteiger partial charge in [-0.2, -0.15) is 0 Å². The first-order valence-electron chi connectivity index (χ1n) is 9.62. The molecule has 156 valence electrons. The zero-order chi connectivity index (χ0) is 21.7. The van der Waals surface area contributed by atoms with Crippen molar-refractivity contribution in [2.24, 2.45) is 5.92 Å². The number of nitrogens with zero attached hydrogens (tertiary/aromatic N) is 2. The number of imide groups is 1. The molecule has 0 spiro atoms. The van der Waals surface area contributed by atoms with E-state index < -0.39 is 35.7 Å². The van der Waals surface area contributed by atoms with E-state index in [2.05, 4.69) is 0 Å². The zero-order valence-corrected chi connectivity index (χ0v) is 16.1. The van der Waals surface area contributed by atoms with E-state index in [1.807, 2.05) is 6.07 Å². The van der Waals surface area contributed by atoms with Gasteiger partial charge in [0.25, 0.3) is 5.91 Å². The van der Waals surface area contributed by atoms with Gasteiger partial charge in [-0.25, -0.2) is 14.4 Å². The molecule has 2 aliphatic rings. The van der Waals surface area contributed by atoms with Gasteiger partial charge in [0, 0.05) is 0 Å². The molecule has 3 atom stereocenters.